The van der Waals surface area contributed by atoms with Crippen molar-refractivity contribution in [1.29, 1.82) is 0 Å². The van der Waals surface area contributed by atoms with Gasteiger partial charge in [-0.25, -0.2) is 0 Å². The monoisotopic (exact) mass is 308 g/mol. The van der Waals surface area contributed by atoms with Gasteiger partial charge in [-0.15, -0.1) is 10.2 Å². The lowest BCUT2D eigenvalue weighted by molar-refractivity contribution is -0.384. The van der Waals surface area contributed by atoms with Gasteiger partial charge in [-0.05, 0) is 29.2 Å². The van der Waals surface area contributed by atoms with E-state index >= 15 is 0 Å². The Morgan fingerprint density at radius 2 is 1.82 bits per heavy atom. The van der Waals surface area contributed by atoms with Gasteiger partial charge in [0.05, 0.1) is 4.92 Å². The summed E-state index contributed by atoms with van der Waals surface area (Å²) in [6, 6.07) is 7.82. The Kier molecular flexibility index (Phi) is 2.02. The number of nitro benzene ring substituents is 1. The second-order valence-electron chi connectivity index (χ2n) is 4.40. The van der Waals surface area contributed by atoms with Gasteiger partial charge < -0.3 is 5.11 Å². The Morgan fingerprint density at radius 3 is 2.50 bits per heavy atom. The first-order valence-electron chi connectivity index (χ1n) is 10.5. The van der Waals surface area contributed by atoms with Crippen molar-refractivity contribution in [2.24, 2.45) is 10.2 Å². The number of nitro groups is 1. The molecule has 2 rings (SSSR count). The fourth-order valence-corrected chi connectivity index (χ4v) is 1.65. The molecule has 22 heavy (non-hydrogen) atoms. The van der Waals surface area contributed by atoms with Crippen molar-refractivity contribution in [1.82, 2.24) is 0 Å². The van der Waals surface area contributed by atoms with Crippen LogP contribution in [0.5, 0.6) is 5.75 Å². The van der Waals surface area contributed by atoms with Crippen LogP contribution >= 0.6 is 0 Å². The number of para-hydroxylation sites is 1. The molecule has 0 saturated heterocycles. The molecule has 0 unspecified atom stereocenters. The van der Waals surface area contributed by atoms with Crippen LogP contribution in [0.2, 0.25) is 0 Å². The van der Waals surface area contributed by atoms with Gasteiger partial charge in [0.1, 0.15) is 11.4 Å². The van der Waals surface area contributed by atoms with Crippen LogP contribution < -0.4 is 0 Å². The largest absolute Gasteiger partial charge is 0.506 e. The SMILES string of the molecule is [2H]C([2H])([2H])C(c1ccc(O)c(N=Nc2ccccc2[N+](=O)[O-])c1)(C([2H])([2H])[2H])C([2H])([2H])[2H]. The molecule has 0 aromatic heterocycles. The molecule has 0 radical (unpaired) electrons. The van der Waals surface area contributed by atoms with Crippen molar-refractivity contribution in [3.05, 3.63) is 58.1 Å². The number of aromatic hydroxyl groups is 1. The Hall–Kier alpha value is -2.76. The van der Waals surface area contributed by atoms with Gasteiger partial charge in [0.15, 0.2) is 5.69 Å². The van der Waals surface area contributed by atoms with Crippen LogP contribution in [0.4, 0.5) is 17.1 Å². The van der Waals surface area contributed by atoms with E-state index in [1.807, 2.05) is 0 Å². The lowest BCUT2D eigenvalue weighted by Crippen LogP contribution is -2.10. The third-order valence-electron chi connectivity index (χ3n) is 2.75. The fourth-order valence-electron chi connectivity index (χ4n) is 1.65. The molecule has 1 N–H and O–H groups in total. The summed E-state index contributed by atoms with van der Waals surface area (Å²) in [5, 5.41) is 28.5. The summed E-state index contributed by atoms with van der Waals surface area (Å²) in [6.07, 6.45) is 0. The van der Waals surface area contributed by atoms with Crippen LogP contribution in [-0.4, -0.2) is 10.0 Å². The first-order chi connectivity index (χ1) is 14.0. The molecular weight excluding hydrogens is 282 g/mol. The minimum Gasteiger partial charge on any atom is -0.506 e. The van der Waals surface area contributed by atoms with Crippen molar-refractivity contribution in [3.8, 4) is 5.75 Å². The molecule has 0 aliphatic heterocycles. The Morgan fingerprint density at radius 1 is 1.14 bits per heavy atom. The van der Waals surface area contributed by atoms with E-state index in [0.717, 1.165) is 24.3 Å². The van der Waals surface area contributed by atoms with Crippen LogP contribution in [0.1, 0.15) is 38.5 Å². The number of hydrogen-bond acceptors (Lipinski definition) is 5. The van der Waals surface area contributed by atoms with Crippen LogP contribution in [0.3, 0.4) is 0 Å². The third kappa shape index (κ3) is 3.46. The molecule has 0 aliphatic rings. The lowest BCUT2D eigenvalue weighted by atomic mass is 9.87. The predicted molar refractivity (Wildman–Crippen MR) is 84.1 cm³/mol. The van der Waals surface area contributed by atoms with Crippen molar-refractivity contribution in [2.75, 3.05) is 0 Å². The summed E-state index contributed by atoms with van der Waals surface area (Å²) in [5.41, 5.74) is -4.97. The molecule has 0 spiro atoms. The normalized spacial score (nSPS) is 19.5. The number of benzene rings is 2. The zero-order chi connectivity index (χ0) is 23.8. The Balaban J connectivity index is 2.74. The molecule has 0 aliphatic carbocycles. The highest BCUT2D eigenvalue weighted by Crippen LogP contribution is 2.35. The number of azo groups is 1. The fraction of sp³-hybridized carbons (Fsp3) is 0.250. The summed E-state index contributed by atoms with van der Waals surface area (Å²) in [4.78, 5) is 10.4. The number of phenolic OH excluding ortho intramolecular Hbond substituents is 1. The van der Waals surface area contributed by atoms with E-state index in [-0.39, 0.29) is 5.69 Å². The molecule has 0 atom stereocenters. The van der Waals surface area contributed by atoms with E-state index < -0.39 is 53.6 Å². The highest BCUT2D eigenvalue weighted by molar-refractivity contribution is 5.58. The van der Waals surface area contributed by atoms with Gasteiger partial charge in [-0.3, -0.25) is 10.1 Å². The number of rotatable bonds is 3. The van der Waals surface area contributed by atoms with Crippen LogP contribution in [0.15, 0.2) is 52.7 Å². The molecule has 6 nitrogen and oxygen atoms in total. The van der Waals surface area contributed by atoms with E-state index in [9.17, 15) is 15.2 Å². The van der Waals surface area contributed by atoms with Crippen molar-refractivity contribution < 1.29 is 22.4 Å². The highest BCUT2D eigenvalue weighted by atomic mass is 16.6. The van der Waals surface area contributed by atoms with Crippen LogP contribution in [0, 0.1) is 10.1 Å². The van der Waals surface area contributed by atoms with E-state index in [1.165, 1.54) is 18.2 Å². The standard InChI is InChI=1S/C16H17N3O3/c1-16(2,3)11-8-9-15(20)13(10-11)18-17-12-6-4-5-7-14(12)19(21)22/h4-10,20H,1-3H3/i1D3,2D3,3D3. The maximum Gasteiger partial charge on any atom is 0.296 e. The molecule has 114 valence electrons. The zero-order valence-corrected chi connectivity index (χ0v) is 11.1. The lowest BCUT2D eigenvalue weighted by Gasteiger charge is -2.19. The van der Waals surface area contributed by atoms with Crippen molar-refractivity contribution in [3.63, 3.8) is 0 Å². The van der Waals surface area contributed by atoms with E-state index in [1.54, 1.807) is 0 Å². The summed E-state index contributed by atoms with van der Waals surface area (Å²) in [5.74, 6) is -0.568. The zero-order valence-electron chi connectivity index (χ0n) is 20.1. The Bertz CT molecular complexity index is 978. The van der Waals surface area contributed by atoms with Crippen LogP contribution in [0.25, 0.3) is 0 Å². The van der Waals surface area contributed by atoms with Gasteiger partial charge in [0, 0.05) is 18.4 Å². The number of phenols is 1. The van der Waals surface area contributed by atoms with Gasteiger partial charge in [-0.1, -0.05) is 38.8 Å². The maximum atomic E-state index is 11.1. The summed E-state index contributed by atoms with van der Waals surface area (Å²) in [7, 11) is 0. The molecule has 0 amide bonds. The van der Waals surface area contributed by atoms with Gasteiger partial charge in [0.2, 0.25) is 0 Å². The maximum absolute atomic E-state index is 11.1. The average Bonchev–Trinajstić information content (AvgIpc) is 2.58. The smallest absolute Gasteiger partial charge is 0.296 e. The number of hydrogen-bond donors (Lipinski definition) is 1. The first kappa shape index (κ1) is 7.49. The van der Waals surface area contributed by atoms with Crippen LogP contribution in [-0.2, 0) is 5.41 Å². The third-order valence-corrected chi connectivity index (χ3v) is 2.75. The minimum atomic E-state index is -3.49. The van der Waals surface area contributed by atoms with Gasteiger partial charge in [-0.2, -0.15) is 0 Å². The molecule has 2 aromatic rings. The first-order valence-corrected chi connectivity index (χ1v) is 6.02. The molecule has 0 heterocycles. The molecule has 0 bridgehead atoms. The Labute approximate surface area is 140 Å². The van der Waals surface area contributed by atoms with Gasteiger partial charge >= 0.3 is 0 Å². The molecule has 0 fully saturated rings. The van der Waals surface area contributed by atoms with Gasteiger partial charge in [0.25, 0.3) is 5.69 Å². The second-order valence-corrected chi connectivity index (χ2v) is 4.40. The average molecular weight is 308 g/mol. The highest BCUT2D eigenvalue weighted by Gasteiger charge is 2.16. The summed E-state index contributed by atoms with van der Waals surface area (Å²) >= 11 is 0. The predicted octanol–water partition coefficient (Wildman–Crippen LogP) is 5.01. The molecule has 2 aromatic carbocycles. The van der Waals surface area contributed by atoms with E-state index in [2.05, 4.69) is 10.2 Å². The molecule has 0 saturated carbocycles. The number of nitrogens with zero attached hydrogens (tertiary/aromatic N) is 3. The quantitative estimate of drug-likeness (QED) is 0.491. The summed E-state index contributed by atoms with van der Waals surface area (Å²) in [6.45, 7) is -10.5. The molecule has 6 heteroatoms. The minimum absolute atomic E-state index is 0.189. The second kappa shape index (κ2) is 5.93. The topological polar surface area (TPSA) is 88.1 Å². The summed E-state index contributed by atoms with van der Waals surface area (Å²) < 4.78 is 69.7. The van der Waals surface area contributed by atoms with E-state index in [4.69, 9.17) is 12.3 Å². The van der Waals surface area contributed by atoms with Crippen molar-refractivity contribution in [2.45, 2.75) is 26.0 Å². The van der Waals surface area contributed by atoms with Crippen molar-refractivity contribution >= 4 is 17.1 Å². The molecular formula is C16H17N3O3. The van der Waals surface area contributed by atoms with E-state index in [0.29, 0.717) is 0 Å².